The Morgan fingerprint density at radius 2 is 1.82 bits per heavy atom. The van der Waals surface area contributed by atoms with Gasteiger partial charge in [0.15, 0.2) is 0 Å². The summed E-state index contributed by atoms with van der Waals surface area (Å²) in [7, 11) is 0. The SMILES string of the molecule is CC(C)(C)c1nc(C2CCC2)c(N)n1C1CC1. The van der Waals surface area contributed by atoms with Crippen LogP contribution in [0.15, 0.2) is 0 Å². The zero-order valence-corrected chi connectivity index (χ0v) is 11.2. The van der Waals surface area contributed by atoms with Crippen LogP contribution in [0.5, 0.6) is 0 Å². The second kappa shape index (κ2) is 3.50. The van der Waals surface area contributed by atoms with E-state index >= 15 is 0 Å². The maximum atomic E-state index is 6.35. The molecular weight excluding hydrogens is 210 g/mol. The Balaban J connectivity index is 2.06. The molecule has 3 heteroatoms. The van der Waals surface area contributed by atoms with Gasteiger partial charge in [-0.05, 0) is 25.7 Å². The average Bonchev–Trinajstić information content (AvgIpc) is 2.90. The molecule has 3 rings (SSSR count). The summed E-state index contributed by atoms with van der Waals surface area (Å²) in [5.41, 5.74) is 7.64. The van der Waals surface area contributed by atoms with Crippen molar-refractivity contribution in [3.05, 3.63) is 11.5 Å². The van der Waals surface area contributed by atoms with E-state index in [0.29, 0.717) is 12.0 Å². The first-order valence-electron chi connectivity index (χ1n) is 6.86. The lowest BCUT2D eigenvalue weighted by Crippen LogP contribution is -2.19. The Kier molecular flexibility index (Phi) is 2.29. The zero-order valence-electron chi connectivity index (χ0n) is 11.2. The molecule has 2 aliphatic carbocycles. The standard InChI is InChI=1S/C14H23N3/c1-14(2,3)13-16-11(9-5-4-6-9)12(15)17(13)10-7-8-10/h9-10H,4-8,15H2,1-3H3. The Morgan fingerprint density at radius 1 is 1.18 bits per heavy atom. The first-order valence-corrected chi connectivity index (χ1v) is 6.86. The Morgan fingerprint density at radius 3 is 2.24 bits per heavy atom. The van der Waals surface area contributed by atoms with E-state index in [-0.39, 0.29) is 5.41 Å². The molecule has 0 aromatic carbocycles. The summed E-state index contributed by atoms with van der Waals surface area (Å²) >= 11 is 0. The third kappa shape index (κ3) is 1.76. The maximum Gasteiger partial charge on any atom is 0.127 e. The van der Waals surface area contributed by atoms with Gasteiger partial charge in [0, 0.05) is 17.4 Å². The van der Waals surface area contributed by atoms with Crippen LogP contribution in [0.2, 0.25) is 0 Å². The highest BCUT2D eigenvalue weighted by molar-refractivity contribution is 5.44. The van der Waals surface area contributed by atoms with Gasteiger partial charge in [0.1, 0.15) is 11.6 Å². The van der Waals surface area contributed by atoms with Crippen molar-refractivity contribution in [3.8, 4) is 0 Å². The van der Waals surface area contributed by atoms with E-state index in [1.807, 2.05) is 0 Å². The molecule has 1 aromatic rings. The molecule has 0 spiro atoms. The highest BCUT2D eigenvalue weighted by Crippen LogP contribution is 2.45. The van der Waals surface area contributed by atoms with Crippen molar-refractivity contribution >= 4 is 5.82 Å². The lowest BCUT2D eigenvalue weighted by Gasteiger charge is -2.24. The largest absolute Gasteiger partial charge is 0.384 e. The molecule has 0 saturated heterocycles. The average molecular weight is 233 g/mol. The summed E-state index contributed by atoms with van der Waals surface area (Å²) in [6.07, 6.45) is 6.43. The summed E-state index contributed by atoms with van der Waals surface area (Å²) in [5, 5.41) is 0. The predicted octanol–water partition coefficient (Wildman–Crippen LogP) is 3.37. The number of anilines is 1. The topological polar surface area (TPSA) is 43.8 Å². The number of nitrogen functional groups attached to an aromatic ring is 1. The van der Waals surface area contributed by atoms with Crippen LogP contribution in [0.3, 0.4) is 0 Å². The van der Waals surface area contributed by atoms with Gasteiger partial charge < -0.3 is 10.3 Å². The van der Waals surface area contributed by atoms with E-state index in [1.54, 1.807) is 0 Å². The summed E-state index contributed by atoms with van der Waals surface area (Å²) < 4.78 is 2.33. The molecule has 1 heterocycles. The van der Waals surface area contributed by atoms with Crippen LogP contribution < -0.4 is 5.73 Å². The Hall–Kier alpha value is -0.990. The van der Waals surface area contributed by atoms with Crippen LogP contribution in [0.25, 0.3) is 0 Å². The van der Waals surface area contributed by atoms with Crippen molar-refractivity contribution in [1.29, 1.82) is 0 Å². The molecule has 2 saturated carbocycles. The van der Waals surface area contributed by atoms with Crippen molar-refractivity contribution in [1.82, 2.24) is 9.55 Å². The number of aromatic nitrogens is 2. The van der Waals surface area contributed by atoms with Crippen LogP contribution in [0.1, 0.15) is 76.4 Å². The van der Waals surface area contributed by atoms with Gasteiger partial charge in [-0.3, -0.25) is 0 Å². The number of imidazole rings is 1. The maximum absolute atomic E-state index is 6.35. The van der Waals surface area contributed by atoms with Gasteiger partial charge in [0.05, 0.1) is 5.69 Å². The molecule has 0 atom stereocenters. The van der Waals surface area contributed by atoms with Crippen molar-refractivity contribution in [3.63, 3.8) is 0 Å². The van der Waals surface area contributed by atoms with Gasteiger partial charge in [-0.1, -0.05) is 27.2 Å². The van der Waals surface area contributed by atoms with E-state index in [9.17, 15) is 0 Å². The van der Waals surface area contributed by atoms with Crippen molar-refractivity contribution in [2.75, 3.05) is 5.73 Å². The zero-order chi connectivity index (χ0) is 12.2. The van der Waals surface area contributed by atoms with Gasteiger partial charge >= 0.3 is 0 Å². The number of nitrogens with two attached hydrogens (primary N) is 1. The van der Waals surface area contributed by atoms with E-state index in [0.717, 1.165) is 5.82 Å². The monoisotopic (exact) mass is 233 g/mol. The van der Waals surface area contributed by atoms with Gasteiger partial charge in [0.25, 0.3) is 0 Å². The first-order chi connectivity index (χ1) is 7.98. The summed E-state index contributed by atoms with van der Waals surface area (Å²) in [6, 6.07) is 0.630. The fourth-order valence-corrected chi connectivity index (χ4v) is 2.68. The van der Waals surface area contributed by atoms with E-state index in [4.69, 9.17) is 10.7 Å². The number of hydrogen-bond donors (Lipinski definition) is 1. The molecule has 2 aliphatic rings. The molecule has 0 unspecified atom stereocenters. The van der Waals surface area contributed by atoms with Crippen LogP contribution in [0.4, 0.5) is 5.82 Å². The van der Waals surface area contributed by atoms with Gasteiger partial charge in [-0.15, -0.1) is 0 Å². The van der Waals surface area contributed by atoms with Crippen LogP contribution in [0, 0.1) is 0 Å². The number of rotatable bonds is 2. The highest BCUT2D eigenvalue weighted by atomic mass is 15.2. The summed E-state index contributed by atoms with van der Waals surface area (Å²) in [4.78, 5) is 4.90. The first kappa shape index (κ1) is 11.1. The van der Waals surface area contributed by atoms with Crippen LogP contribution in [-0.2, 0) is 5.41 Å². The molecular formula is C14H23N3. The van der Waals surface area contributed by atoms with Crippen molar-refractivity contribution in [2.45, 2.75) is 70.3 Å². The molecule has 0 bridgehead atoms. The third-order valence-electron chi connectivity index (χ3n) is 4.05. The molecule has 94 valence electrons. The summed E-state index contributed by atoms with van der Waals surface area (Å²) in [6.45, 7) is 6.70. The predicted molar refractivity (Wildman–Crippen MR) is 70.2 cm³/mol. The molecule has 0 aliphatic heterocycles. The minimum atomic E-state index is 0.0959. The number of nitrogens with zero attached hydrogens (tertiary/aromatic N) is 2. The molecule has 0 amide bonds. The molecule has 1 aromatic heterocycles. The quantitative estimate of drug-likeness (QED) is 0.851. The lowest BCUT2D eigenvalue weighted by atomic mass is 9.83. The molecule has 3 nitrogen and oxygen atoms in total. The van der Waals surface area contributed by atoms with Crippen molar-refractivity contribution in [2.24, 2.45) is 0 Å². The second-order valence-corrected chi connectivity index (χ2v) is 6.68. The Bertz CT molecular complexity index is 431. The lowest BCUT2D eigenvalue weighted by molar-refractivity contribution is 0.411. The van der Waals surface area contributed by atoms with Gasteiger partial charge in [0.2, 0.25) is 0 Å². The van der Waals surface area contributed by atoms with Crippen LogP contribution >= 0.6 is 0 Å². The van der Waals surface area contributed by atoms with E-state index in [1.165, 1.54) is 43.6 Å². The third-order valence-corrected chi connectivity index (χ3v) is 4.05. The molecule has 2 fully saturated rings. The molecule has 0 radical (unpaired) electrons. The molecule has 17 heavy (non-hydrogen) atoms. The smallest absolute Gasteiger partial charge is 0.127 e. The van der Waals surface area contributed by atoms with Gasteiger partial charge in [-0.2, -0.15) is 0 Å². The van der Waals surface area contributed by atoms with E-state index in [2.05, 4.69) is 25.3 Å². The highest BCUT2D eigenvalue weighted by Gasteiger charge is 2.36. The van der Waals surface area contributed by atoms with E-state index < -0.39 is 0 Å². The van der Waals surface area contributed by atoms with Gasteiger partial charge in [-0.25, -0.2) is 4.98 Å². The fourth-order valence-electron chi connectivity index (χ4n) is 2.68. The molecule has 2 N–H and O–H groups in total. The van der Waals surface area contributed by atoms with Crippen molar-refractivity contribution < 1.29 is 0 Å². The minimum Gasteiger partial charge on any atom is -0.384 e. The van der Waals surface area contributed by atoms with Crippen LogP contribution in [-0.4, -0.2) is 9.55 Å². The normalized spacial score (nSPS) is 21.6. The second-order valence-electron chi connectivity index (χ2n) is 6.68. The summed E-state index contributed by atoms with van der Waals surface area (Å²) in [5.74, 6) is 2.79. The fraction of sp³-hybridized carbons (Fsp3) is 0.786. The number of hydrogen-bond acceptors (Lipinski definition) is 2. The minimum absolute atomic E-state index is 0.0959. The Labute approximate surface area is 103 Å².